The zero-order chi connectivity index (χ0) is 23.0. The van der Waals surface area contributed by atoms with Gasteiger partial charge in [0.1, 0.15) is 16.9 Å². The quantitative estimate of drug-likeness (QED) is 0.441. The third kappa shape index (κ3) is 3.27. The Balaban J connectivity index is 1.80. The van der Waals surface area contributed by atoms with Gasteiger partial charge in [-0.2, -0.15) is 10.5 Å². The van der Waals surface area contributed by atoms with E-state index >= 15 is 0 Å². The molecule has 6 nitrogen and oxygen atoms in total. The predicted molar refractivity (Wildman–Crippen MR) is 125 cm³/mol. The van der Waals surface area contributed by atoms with Crippen molar-refractivity contribution in [3.05, 3.63) is 113 Å². The summed E-state index contributed by atoms with van der Waals surface area (Å²) in [4.78, 5) is 4.26. The normalized spacial score (nSPS) is 12.7. The maximum atomic E-state index is 9.61. The molecule has 0 saturated carbocycles. The fourth-order valence-corrected chi connectivity index (χ4v) is 4.21. The number of nitrogens with two attached hydrogens (primary N) is 1. The largest absolute Gasteiger partial charge is 0.458 e. The van der Waals surface area contributed by atoms with Crippen LogP contribution >= 0.6 is 0 Å². The lowest BCUT2D eigenvalue weighted by Crippen LogP contribution is -2.40. The molecular weight excluding hydrogens is 410 g/mol. The number of fused-ring (bicyclic) bond motifs is 1. The highest BCUT2D eigenvalue weighted by molar-refractivity contribution is 5.94. The van der Waals surface area contributed by atoms with E-state index in [1.54, 1.807) is 30.7 Å². The smallest absolute Gasteiger partial charge is 0.142 e. The van der Waals surface area contributed by atoms with Crippen LogP contribution in [0.3, 0.4) is 0 Å². The fourth-order valence-electron chi connectivity index (χ4n) is 4.21. The molecule has 1 unspecified atom stereocenters. The van der Waals surface area contributed by atoms with Crippen molar-refractivity contribution < 1.29 is 4.42 Å². The van der Waals surface area contributed by atoms with Gasteiger partial charge in [0, 0.05) is 18.0 Å². The van der Waals surface area contributed by atoms with Gasteiger partial charge in [0.05, 0.1) is 41.5 Å². The molecule has 0 amide bonds. The van der Waals surface area contributed by atoms with Crippen molar-refractivity contribution in [2.24, 2.45) is 12.8 Å². The lowest BCUT2D eigenvalue weighted by atomic mass is 9.84. The van der Waals surface area contributed by atoms with E-state index < -0.39 is 5.54 Å². The molecule has 0 spiro atoms. The number of hydrogen-bond donors (Lipinski definition) is 1. The summed E-state index contributed by atoms with van der Waals surface area (Å²) < 4.78 is 8.32. The maximum absolute atomic E-state index is 9.61. The van der Waals surface area contributed by atoms with Crippen molar-refractivity contribution in [2.75, 3.05) is 0 Å². The Morgan fingerprint density at radius 2 is 1.67 bits per heavy atom. The number of nitrogens with zero attached hydrogens (tertiary/aromatic N) is 4. The summed E-state index contributed by atoms with van der Waals surface area (Å²) in [6.07, 6.45) is 3.40. The van der Waals surface area contributed by atoms with Gasteiger partial charge < -0.3 is 14.7 Å². The molecule has 1 atom stereocenters. The maximum Gasteiger partial charge on any atom is 0.142 e. The van der Waals surface area contributed by atoms with Crippen LogP contribution in [0.2, 0.25) is 0 Å². The number of furan rings is 1. The van der Waals surface area contributed by atoms with Gasteiger partial charge in [-0.3, -0.25) is 0 Å². The Hall–Kier alpha value is -4.65. The summed E-state index contributed by atoms with van der Waals surface area (Å²) in [6, 6.07) is 26.8. The third-order valence-corrected chi connectivity index (χ3v) is 5.91. The zero-order valence-corrected chi connectivity index (χ0v) is 17.9. The second kappa shape index (κ2) is 7.80. The molecule has 2 aromatic heterocycles. The van der Waals surface area contributed by atoms with Crippen LogP contribution in [0, 0.1) is 22.7 Å². The second-order valence-corrected chi connectivity index (χ2v) is 7.92. The first kappa shape index (κ1) is 20.3. The lowest BCUT2D eigenvalue weighted by Gasteiger charge is -2.28. The summed E-state index contributed by atoms with van der Waals surface area (Å²) in [5.74, 6) is 0.512. The van der Waals surface area contributed by atoms with E-state index in [9.17, 15) is 10.5 Å². The number of aromatic nitrogens is 2. The summed E-state index contributed by atoms with van der Waals surface area (Å²) >= 11 is 0. The standard InChI is InChI=1S/C27H19N5O/c1-32-17-31-16-24(32)27(30,22-9-7-18(14-28)8-10-22)25-13-21-11-19(15-29)12-23(26(21)33-25)20-5-3-2-4-6-20/h2-13,16-17H,30H2,1H3. The van der Waals surface area contributed by atoms with Gasteiger partial charge in [0.15, 0.2) is 0 Å². The van der Waals surface area contributed by atoms with Crippen LogP contribution in [0.15, 0.2) is 89.7 Å². The minimum atomic E-state index is -1.17. The number of aryl methyl sites for hydroxylation is 1. The van der Waals surface area contributed by atoms with E-state index in [4.69, 9.17) is 10.2 Å². The molecule has 6 heteroatoms. The molecule has 0 radical (unpaired) electrons. The van der Waals surface area contributed by atoms with Crippen molar-refractivity contribution in [3.63, 3.8) is 0 Å². The van der Waals surface area contributed by atoms with E-state index in [-0.39, 0.29) is 0 Å². The molecular formula is C27H19N5O. The second-order valence-electron chi connectivity index (χ2n) is 7.92. The molecule has 158 valence electrons. The van der Waals surface area contributed by atoms with Crippen LogP contribution in [0.4, 0.5) is 0 Å². The lowest BCUT2D eigenvalue weighted by molar-refractivity contribution is 0.445. The average Bonchev–Trinajstić information content (AvgIpc) is 3.50. The molecule has 0 aliphatic rings. The highest BCUT2D eigenvalue weighted by atomic mass is 16.3. The first-order valence-corrected chi connectivity index (χ1v) is 10.3. The topological polar surface area (TPSA) is 105 Å². The summed E-state index contributed by atoms with van der Waals surface area (Å²) in [7, 11) is 1.87. The van der Waals surface area contributed by atoms with E-state index in [0.29, 0.717) is 22.5 Å². The van der Waals surface area contributed by atoms with Gasteiger partial charge in [0.2, 0.25) is 0 Å². The van der Waals surface area contributed by atoms with Gasteiger partial charge in [-0.25, -0.2) is 4.98 Å². The van der Waals surface area contributed by atoms with Crippen molar-refractivity contribution >= 4 is 11.0 Å². The fraction of sp³-hybridized carbons (Fsp3) is 0.0741. The summed E-state index contributed by atoms with van der Waals surface area (Å²) in [5, 5.41) is 19.6. The van der Waals surface area contributed by atoms with Gasteiger partial charge in [-0.1, -0.05) is 42.5 Å². The molecule has 0 bridgehead atoms. The Bertz CT molecular complexity index is 1550. The number of rotatable bonds is 4. The van der Waals surface area contributed by atoms with Crippen LogP contribution in [0.1, 0.15) is 28.1 Å². The van der Waals surface area contributed by atoms with Crippen LogP contribution in [0.25, 0.3) is 22.1 Å². The van der Waals surface area contributed by atoms with Crippen molar-refractivity contribution in [3.8, 4) is 23.3 Å². The van der Waals surface area contributed by atoms with E-state index in [1.807, 2.05) is 66.2 Å². The Labute approximate surface area is 190 Å². The molecule has 2 heterocycles. The van der Waals surface area contributed by atoms with Crippen LogP contribution < -0.4 is 5.73 Å². The van der Waals surface area contributed by atoms with Crippen molar-refractivity contribution in [2.45, 2.75) is 5.54 Å². The van der Waals surface area contributed by atoms with E-state index in [2.05, 4.69) is 17.1 Å². The van der Waals surface area contributed by atoms with Crippen LogP contribution in [0.5, 0.6) is 0 Å². The monoisotopic (exact) mass is 429 g/mol. The molecule has 0 fully saturated rings. The van der Waals surface area contributed by atoms with Crippen molar-refractivity contribution in [1.82, 2.24) is 9.55 Å². The molecule has 3 aromatic carbocycles. The molecule has 0 aliphatic heterocycles. The SMILES string of the molecule is Cn1cncc1C(N)(c1ccc(C#N)cc1)c1cc2cc(C#N)cc(-c3ccccc3)c2o1. The zero-order valence-electron chi connectivity index (χ0n) is 17.9. The number of nitriles is 2. The Morgan fingerprint density at radius 3 is 2.30 bits per heavy atom. The average molecular weight is 429 g/mol. The number of hydrogen-bond acceptors (Lipinski definition) is 5. The minimum absolute atomic E-state index is 0.512. The molecule has 0 saturated heterocycles. The molecule has 33 heavy (non-hydrogen) atoms. The van der Waals surface area contributed by atoms with E-state index in [1.165, 1.54) is 0 Å². The predicted octanol–water partition coefficient (Wildman–Crippen LogP) is 4.83. The summed E-state index contributed by atoms with van der Waals surface area (Å²) in [6.45, 7) is 0. The highest BCUT2D eigenvalue weighted by Crippen LogP contribution is 2.40. The Kier molecular flexibility index (Phi) is 4.79. The van der Waals surface area contributed by atoms with Gasteiger partial charge in [-0.15, -0.1) is 0 Å². The molecule has 2 N–H and O–H groups in total. The molecule has 5 aromatic rings. The minimum Gasteiger partial charge on any atom is -0.458 e. The van der Waals surface area contributed by atoms with Gasteiger partial charge in [-0.05, 0) is 41.5 Å². The molecule has 5 rings (SSSR count). The summed E-state index contributed by atoms with van der Waals surface area (Å²) in [5.41, 5.74) is 10.9. The van der Waals surface area contributed by atoms with Crippen LogP contribution in [-0.2, 0) is 12.6 Å². The first-order chi connectivity index (χ1) is 16.0. The number of imidazole rings is 1. The van der Waals surface area contributed by atoms with Crippen LogP contribution in [-0.4, -0.2) is 9.55 Å². The van der Waals surface area contributed by atoms with E-state index in [0.717, 1.165) is 27.8 Å². The number of benzene rings is 3. The highest BCUT2D eigenvalue weighted by Gasteiger charge is 2.38. The molecule has 0 aliphatic carbocycles. The van der Waals surface area contributed by atoms with Gasteiger partial charge in [0.25, 0.3) is 0 Å². The third-order valence-electron chi connectivity index (χ3n) is 5.91. The Morgan fingerprint density at radius 1 is 0.939 bits per heavy atom. The van der Waals surface area contributed by atoms with Gasteiger partial charge >= 0.3 is 0 Å². The van der Waals surface area contributed by atoms with Crippen molar-refractivity contribution in [1.29, 1.82) is 10.5 Å². The first-order valence-electron chi connectivity index (χ1n) is 10.3.